The van der Waals surface area contributed by atoms with Crippen molar-refractivity contribution in [1.29, 1.82) is 0 Å². The van der Waals surface area contributed by atoms with Crippen LogP contribution in [-0.2, 0) is 21.0 Å². The molecule has 30 heavy (non-hydrogen) atoms. The van der Waals surface area contributed by atoms with Crippen molar-refractivity contribution < 1.29 is 26.4 Å². The summed E-state index contributed by atoms with van der Waals surface area (Å²) in [6, 6.07) is 12.4. The van der Waals surface area contributed by atoms with Gasteiger partial charge in [0.25, 0.3) is 10.0 Å². The highest BCUT2D eigenvalue weighted by molar-refractivity contribution is 7.91. The second kappa shape index (κ2) is 8.76. The van der Waals surface area contributed by atoms with Gasteiger partial charge >= 0.3 is 6.18 Å². The standard InChI is InChI=1S/C19H14ClF3N2O3S2/c20-15-9-8-13(11-14(15)19(21,22)23)24-18(26)17(12-5-2-1-3-6-12)25-30(27,28)16-7-4-10-29-16/h1-11,17,25H,(H,24,26). The Hall–Kier alpha value is -2.40. The number of anilines is 1. The molecule has 11 heteroatoms. The van der Waals surface area contributed by atoms with Crippen molar-refractivity contribution in [3.8, 4) is 0 Å². The Balaban J connectivity index is 1.92. The van der Waals surface area contributed by atoms with E-state index in [0.717, 1.165) is 17.4 Å². The van der Waals surface area contributed by atoms with E-state index >= 15 is 0 Å². The smallest absolute Gasteiger partial charge is 0.324 e. The fourth-order valence-electron chi connectivity index (χ4n) is 2.58. The van der Waals surface area contributed by atoms with Crippen LogP contribution in [0.25, 0.3) is 0 Å². The maximum atomic E-state index is 13.1. The molecule has 1 unspecified atom stereocenters. The first-order valence-electron chi connectivity index (χ1n) is 8.36. The Kier molecular flexibility index (Phi) is 6.51. The Labute approximate surface area is 179 Å². The molecule has 5 nitrogen and oxygen atoms in total. The monoisotopic (exact) mass is 474 g/mol. The molecule has 0 aliphatic rings. The molecule has 1 aromatic heterocycles. The number of thiophene rings is 1. The molecule has 2 aromatic carbocycles. The lowest BCUT2D eigenvalue weighted by Crippen LogP contribution is -2.36. The number of carbonyl (C=O) groups excluding carboxylic acids is 1. The molecule has 0 aliphatic heterocycles. The third-order valence-electron chi connectivity index (χ3n) is 3.97. The molecule has 1 heterocycles. The van der Waals surface area contributed by atoms with E-state index in [4.69, 9.17) is 11.6 Å². The van der Waals surface area contributed by atoms with Gasteiger partial charge in [-0.3, -0.25) is 4.79 Å². The second-order valence-corrected chi connectivity index (χ2v) is 9.37. The van der Waals surface area contributed by atoms with Crippen LogP contribution in [0, 0.1) is 0 Å². The first-order chi connectivity index (χ1) is 14.1. The summed E-state index contributed by atoms with van der Waals surface area (Å²) in [5.74, 6) is -0.850. The predicted molar refractivity (Wildman–Crippen MR) is 109 cm³/mol. The van der Waals surface area contributed by atoms with Gasteiger partial charge in [-0.05, 0) is 35.2 Å². The minimum atomic E-state index is -4.71. The molecule has 2 N–H and O–H groups in total. The number of alkyl halides is 3. The predicted octanol–water partition coefficient (Wildman–Crippen LogP) is 5.08. The zero-order valence-corrected chi connectivity index (χ0v) is 17.4. The average molecular weight is 475 g/mol. The van der Waals surface area contributed by atoms with Crippen LogP contribution in [0.3, 0.4) is 0 Å². The van der Waals surface area contributed by atoms with Crippen molar-refractivity contribution >= 4 is 44.6 Å². The summed E-state index contributed by atoms with van der Waals surface area (Å²) in [6.45, 7) is 0. The summed E-state index contributed by atoms with van der Waals surface area (Å²) in [5, 5.41) is 3.38. The largest absolute Gasteiger partial charge is 0.417 e. The lowest BCUT2D eigenvalue weighted by molar-refractivity contribution is -0.137. The molecular formula is C19H14ClF3N2O3S2. The van der Waals surface area contributed by atoms with Gasteiger partial charge < -0.3 is 5.32 Å². The third kappa shape index (κ3) is 5.20. The van der Waals surface area contributed by atoms with Gasteiger partial charge in [-0.15, -0.1) is 11.3 Å². The topological polar surface area (TPSA) is 75.3 Å². The molecule has 0 aliphatic carbocycles. The van der Waals surface area contributed by atoms with Crippen LogP contribution < -0.4 is 10.0 Å². The fourth-order valence-corrected chi connectivity index (χ4v) is 5.00. The van der Waals surface area contributed by atoms with Gasteiger partial charge in [0, 0.05) is 5.69 Å². The van der Waals surface area contributed by atoms with Crippen molar-refractivity contribution in [2.45, 2.75) is 16.4 Å². The molecule has 3 aromatic rings. The SMILES string of the molecule is O=C(Nc1ccc(Cl)c(C(F)(F)F)c1)C(NS(=O)(=O)c1cccs1)c1ccccc1. The van der Waals surface area contributed by atoms with Crippen LogP contribution in [-0.4, -0.2) is 14.3 Å². The van der Waals surface area contributed by atoms with Gasteiger partial charge in [0.15, 0.2) is 0 Å². The fraction of sp³-hybridized carbons (Fsp3) is 0.105. The molecule has 3 rings (SSSR count). The number of hydrogen-bond donors (Lipinski definition) is 2. The lowest BCUT2D eigenvalue weighted by Gasteiger charge is -2.19. The van der Waals surface area contributed by atoms with Crippen molar-refractivity contribution in [2.75, 3.05) is 5.32 Å². The Morgan fingerprint density at radius 3 is 2.33 bits per heavy atom. The van der Waals surface area contributed by atoms with E-state index in [1.165, 1.54) is 24.3 Å². The summed E-state index contributed by atoms with van der Waals surface area (Å²) in [5.41, 5.74) is -0.967. The Morgan fingerprint density at radius 2 is 1.73 bits per heavy atom. The molecular weight excluding hydrogens is 461 g/mol. The number of amides is 1. The highest BCUT2D eigenvalue weighted by Gasteiger charge is 2.34. The number of benzene rings is 2. The number of carbonyl (C=O) groups is 1. The molecule has 158 valence electrons. The van der Waals surface area contributed by atoms with Gasteiger partial charge in [-0.25, -0.2) is 8.42 Å². The van der Waals surface area contributed by atoms with Crippen molar-refractivity contribution in [1.82, 2.24) is 4.72 Å². The van der Waals surface area contributed by atoms with E-state index in [1.807, 2.05) is 0 Å². The number of hydrogen-bond acceptors (Lipinski definition) is 4. The number of rotatable bonds is 6. The zero-order chi connectivity index (χ0) is 21.9. The summed E-state index contributed by atoms with van der Waals surface area (Å²) in [6.07, 6.45) is -4.71. The molecule has 0 spiro atoms. The lowest BCUT2D eigenvalue weighted by atomic mass is 10.1. The molecule has 1 atom stereocenters. The molecule has 0 radical (unpaired) electrons. The molecule has 1 amide bonds. The maximum Gasteiger partial charge on any atom is 0.417 e. The summed E-state index contributed by atoms with van der Waals surface area (Å²) < 4.78 is 66.8. The minimum absolute atomic E-state index is 0.00193. The summed E-state index contributed by atoms with van der Waals surface area (Å²) in [7, 11) is -4.03. The third-order valence-corrected chi connectivity index (χ3v) is 7.12. The average Bonchev–Trinajstić information content (AvgIpc) is 3.23. The van der Waals surface area contributed by atoms with Crippen molar-refractivity contribution in [3.63, 3.8) is 0 Å². The van der Waals surface area contributed by atoms with Crippen LogP contribution in [0.2, 0.25) is 5.02 Å². The van der Waals surface area contributed by atoms with E-state index in [2.05, 4.69) is 10.0 Å². The Morgan fingerprint density at radius 1 is 1.03 bits per heavy atom. The van der Waals surface area contributed by atoms with E-state index in [0.29, 0.717) is 11.6 Å². The van der Waals surface area contributed by atoms with Crippen LogP contribution in [0.15, 0.2) is 70.3 Å². The van der Waals surface area contributed by atoms with Gasteiger partial charge in [0.05, 0.1) is 10.6 Å². The van der Waals surface area contributed by atoms with Crippen molar-refractivity contribution in [3.05, 3.63) is 82.2 Å². The maximum absolute atomic E-state index is 13.1. The normalized spacial score (nSPS) is 13.1. The van der Waals surface area contributed by atoms with E-state index < -0.39 is 38.7 Å². The van der Waals surface area contributed by atoms with E-state index in [-0.39, 0.29) is 9.90 Å². The van der Waals surface area contributed by atoms with Crippen LogP contribution in [0.4, 0.5) is 18.9 Å². The molecule has 0 bridgehead atoms. The van der Waals surface area contributed by atoms with Crippen LogP contribution >= 0.6 is 22.9 Å². The highest BCUT2D eigenvalue weighted by atomic mass is 35.5. The van der Waals surface area contributed by atoms with Crippen LogP contribution in [0.1, 0.15) is 17.2 Å². The summed E-state index contributed by atoms with van der Waals surface area (Å²) >= 11 is 6.56. The van der Waals surface area contributed by atoms with Crippen molar-refractivity contribution in [2.24, 2.45) is 0 Å². The van der Waals surface area contributed by atoms with E-state index in [1.54, 1.807) is 29.6 Å². The number of halogens is 4. The number of nitrogens with one attached hydrogen (secondary N) is 2. The van der Waals surface area contributed by atoms with Gasteiger partial charge in [0.2, 0.25) is 5.91 Å². The molecule has 0 saturated carbocycles. The van der Waals surface area contributed by atoms with Gasteiger partial charge in [-0.2, -0.15) is 17.9 Å². The highest BCUT2D eigenvalue weighted by Crippen LogP contribution is 2.36. The minimum Gasteiger partial charge on any atom is -0.324 e. The van der Waals surface area contributed by atoms with E-state index in [9.17, 15) is 26.4 Å². The Bertz CT molecular complexity index is 1140. The second-order valence-electron chi connectivity index (χ2n) is 6.08. The summed E-state index contributed by atoms with van der Waals surface area (Å²) in [4.78, 5) is 12.9. The van der Waals surface area contributed by atoms with Gasteiger partial charge in [-0.1, -0.05) is 48.0 Å². The van der Waals surface area contributed by atoms with Gasteiger partial charge in [0.1, 0.15) is 10.3 Å². The number of sulfonamides is 1. The zero-order valence-electron chi connectivity index (χ0n) is 15.0. The quantitative estimate of drug-likeness (QED) is 0.523. The van der Waals surface area contributed by atoms with Crippen LogP contribution in [0.5, 0.6) is 0 Å². The molecule has 0 saturated heterocycles. The first kappa shape index (κ1) is 22.3. The first-order valence-corrected chi connectivity index (χ1v) is 11.1. The molecule has 0 fully saturated rings.